The molecule has 19 heavy (non-hydrogen) atoms. The lowest BCUT2D eigenvalue weighted by Crippen LogP contribution is -2.30. The number of nitrogens with zero attached hydrogens (tertiary/aromatic N) is 1. The first-order valence-electron chi connectivity index (χ1n) is 5.93. The lowest BCUT2D eigenvalue weighted by molar-refractivity contribution is 0.457. The Bertz CT molecular complexity index is 612. The van der Waals surface area contributed by atoms with Gasteiger partial charge in [0.1, 0.15) is 10.7 Å². The monoisotopic (exact) mass is 347 g/mol. The molecule has 1 aromatic rings. The molecule has 0 amide bonds. The zero-order valence-electron chi connectivity index (χ0n) is 11.4. The minimum Gasteiger partial charge on any atom is -0.383 e. The Morgan fingerprint density at radius 1 is 1.32 bits per heavy atom. The van der Waals surface area contributed by atoms with Crippen molar-refractivity contribution in [2.24, 2.45) is 10.8 Å². The standard InChI is InChI=1S/C12H18BrN3O2S/c1-11(2)10(12(11,3)4)16-19(17,18)8-5-7(13)6-15-9(8)14/h5-6,10,16H,1-4H3,(H2,14,15). The van der Waals surface area contributed by atoms with Gasteiger partial charge in [-0.1, -0.05) is 27.7 Å². The largest absolute Gasteiger partial charge is 0.383 e. The molecule has 1 aromatic heterocycles. The molecule has 5 nitrogen and oxygen atoms in total. The number of hydrogen-bond donors (Lipinski definition) is 2. The average molecular weight is 348 g/mol. The zero-order valence-corrected chi connectivity index (χ0v) is 13.8. The van der Waals surface area contributed by atoms with Crippen LogP contribution >= 0.6 is 15.9 Å². The van der Waals surface area contributed by atoms with Crippen molar-refractivity contribution < 1.29 is 8.42 Å². The van der Waals surface area contributed by atoms with E-state index >= 15 is 0 Å². The van der Waals surface area contributed by atoms with Crippen LogP contribution < -0.4 is 10.5 Å². The number of aromatic nitrogens is 1. The number of anilines is 1. The van der Waals surface area contributed by atoms with E-state index in [9.17, 15) is 8.42 Å². The molecule has 0 spiro atoms. The van der Waals surface area contributed by atoms with Crippen LogP contribution in [0.3, 0.4) is 0 Å². The predicted molar refractivity (Wildman–Crippen MR) is 78.0 cm³/mol. The Morgan fingerprint density at radius 2 is 1.84 bits per heavy atom. The minimum absolute atomic E-state index is 0.00645. The second-order valence-corrected chi connectivity index (χ2v) is 8.63. The molecule has 1 fully saturated rings. The van der Waals surface area contributed by atoms with E-state index in [-0.39, 0.29) is 27.6 Å². The van der Waals surface area contributed by atoms with Gasteiger partial charge in [-0.25, -0.2) is 18.1 Å². The molecule has 0 aliphatic heterocycles. The summed E-state index contributed by atoms with van der Waals surface area (Å²) in [5, 5.41) is 0. The van der Waals surface area contributed by atoms with Crippen LogP contribution in [0, 0.1) is 10.8 Å². The highest BCUT2D eigenvalue weighted by atomic mass is 79.9. The summed E-state index contributed by atoms with van der Waals surface area (Å²) in [6, 6.07) is 1.36. The van der Waals surface area contributed by atoms with Gasteiger partial charge in [-0.3, -0.25) is 0 Å². The quantitative estimate of drug-likeness (QED) is 0.876. The number of nitrogens with one attached hydrogen (secondary N) is 1. The normalized spacial score (nSPS) is 21.3. The van der Waals surface area contributed by atoms with Crippen molar-refractivity contribution in [1.82, 2.24) is 9.71 Å². The fraction of sp³-hybridized carbons (Fsp3) is 0.583. The maximum atomic E-state index is 12.4. The van der Waals surface area contributed by atoms with Gasteiger partial charge in [0, 0.05) is 16.7 Å². The fourth-order valence-corrected chi connectivity index (χ4v) is 4.48. The van der Waals surface area contributed by atoms with E-state index in [1.54, 1.807) is 0 Å². The molecule has 3 N–H and O–H groups in total. The second-order valence-electron chi connectivity index (χ2n) is 6.03. The molecule has 1 aliphatic carbocycles. The number of rotatable bonds is 3. The van der Waals surface area contributed by atoms with Crippen LogP contribution in [-0.4, -0.2) is 19.4 Å². The van der Waals surface area contributed by atoms with Gasteiger partial charge in [0.05, 0.1) is 0 Å². The van der Waals surface area contributed by atoms with Crippen LogP contribution in [0.2, 0.25) is 0 Å². The van der Waals surface area contributed by atoms with Crippen LogP contribution in [0.4, 0.5) is 5.82 Å². The molecule has 0 aromatic carbocycles. The number of nitrogen functional groups attached to an aromatic ring is 1. The maximum Gasteiger partial charge on any atom is 0.244 e. The third kappa shape index (κ3) is 2.28. The molecule has 106 valence electrons. The maximum absolute atomic E-state index is 12.4. The summed E-state index contributed by atoms with van der Waals surface area (Å²) in [5.41, 5.74) is 5.51. The predicted octanol–water partition coefficient (Wildman–Crippen LogP) is 2.14. The van der Waals surface area contributed by atoms with E-state index in [1.807, 2.05) is 27.7 Å². The lowest BCUT2D eigenvalue weighted by atomic mass is 10.0. The summed E-state index contributed by atoms with van der Waals surface area (Å²) >= 11 is 3.21. The summed E-state index contributed by atoms with van der Waals surface area (Å²) < 4.78 is 28.1. The Kier molecular flexibility index (Phi) is 3.23. The minimum atomic E-state index is -3.66. The number of pyridine rings is 1. The summed E-state index contributed by atoms with van der Waals surface area (Å²) in [6.45, 7) is 8.18. The van der Waals surface area contributed by atoms with Crippen molar-refractivity contribution in [2.75, 3.05) is 5.73 Å². The number of sulfonamides is 1. The summed E-state index contributed by atoms with van der Waals surface area (Å²) in [7, 11) is -3.66. The van der Waals surface area contributed by atoms with Crippen LogP contribution in [0.15, 0.2) is 21.6 Å². The van der Waals surface area contributed by atoms with E-state index in [0.717, 1.165) is 0 Å². The highest BCUT2D eigenvalue weighted by Crippen LogP contribution is 2.63. The fourth-order valence-electron chi connectivity index (χ4n) is 2.36. The van der Waals surface area contributed by atoms with Gasteiger partial charge < -0.3 is 5.73 Å². The van der Waals surface area contributed by atoms with E-state index in [4.69, 9.17) is 5.73 Å². The Morgan fingerprint density at radius 3 is 2.32 bits per heavy atom. The van der Waals surface area contributed by atoms with Crippen LogP contribution in [0.25, 0.3) is 0 Å². The molecule has 0 bridgehead atoms. The molecular formula is C12H18BrN3O2S. The SMILES string of the molecule is CC1(C)C(NS(=O)(=O)c2cc(Br)cnc2N)C1(C)C. The van der Waals surface area contributed by atoms with E-state index in [0.29, 0.717) is 4.47 Å². The molecule has 0 radical (unpaired) electrons. The molecule has 1 saturated carbocycles. The topological polar surface area (TPSA) is 85.1 Å². The summed E-state index contributed by atoms with van der Waals surface area (Å²) in [4.78, 5) is 3.87. The first-order chi connectivity index (χ1) is 8.50. The second kappa shape index (κ2) is 4.17. The van der Waals surface area contributed by atoms with E-state index in [2.05, 4.69) is 25.6 Å². The molecule has 1 heterocycles. The lowest BCUT2D eigenvalue weighted by Gasteiger charge is -2.10. The molecule has 0 unspecified atom stereocenters. The zero-order chi connectivity index (χ0) is 14.6. The summed E-state index contributed by atoms with van der Waals surface area (Å²) in [6.07, 6.45) is 1.47. The molecule has 0 saturated heterocycles. The highest BCUT2D eigenvalue weighted by molar-refractivity contribution is 9.10. The van der Waals surface area contributed by atoms with Gasteiger partial charge in [0.15, 0.2) is 0 Å². The first-order valence-corrected chi connectivity index (χ1v) is 8.21. The molecule has 2 rings (SSSR count). The number of nitrogens with two attached hydrogens (primary N) is 1. The number of halogens is 1. The third-order valence-corrected chi connectivity index (χ3v) is 6.32. The van der Waals surface area contributed by atoms with Crippen molar-refractivity contribution in [2.45, 2.75) is 38.6 Å². The van der Waals surface area contributed by atoms with E-state index < -0.39 is 10.0 Å². The Labute approximate surface area is 122 Å². The van der Waals surface area contributed by atoms with Crippen LogP contribution in [0.1, 0.15) is 27.7 Å². The molecule has 7 heteroatoms. The molecule has 0 atom stereocenters. The smallest absolute Gasteiger partial charge is 0.244 e. The van der Waals surface area contributed by atoms with Crippen molar-refractivity contribution in [3.63, 3.8) is 0 Å². The summed E-state index contributed by atoms with van der Waals surface area (Å²) in [5.74, 6) is 0.00645. The van der Waals surface area contributed by atoms with Gasteiger partial charge in [0.2, 0.25) is 10.0 Å². The first kappa shape index (κ1) is 14.7. The van der Waals surface area contributed by atoms with Crippen LogP contribution in [-0.2, 0) is 10.0 Å². The highest BCUT2D eigenvalue weighted by Gasteiger charge is 2.66. The Balaban J connectivity index is 2.33. The van der Waals surface area contributed by atoms with E-state index in [1.165, 1.54) is 12.3 Å². The third-order valence-electron chi connectivity index (χ3n) is 4.43. The van der Waals surface area contributed by atoms with Gasteiger partial charge in [-0.2, -0.15) is 0 Å². The Hall–Kier alpha value is -0.660. The van der Waals surface area contributed by atoms with Crippen molar-refractivity contribution >= 4 is 31.8 Å². The molecular weight excluding hydrogens is 330 g/mol. The van der Waals surface area contributed by atoms with Crippen molar-refractivity contribution in [1.29, 1.82) is 0 Å². The van der Waals surface area contributed by atoms with Gasteiger partial charge in [0.25, 0.3) is 0 Å². The van der Waals surface area contributed by atoms with Crippen molar-refractivity contribution in [3.8, 4) is 0 Å². The van der Waals surface area contributed by atoms with Crippen molar-refractivity contribution in [3.05, 3.63) is 16.7 Å². The van der Waals surface area contributed by atoms with Gasteiger partial charge in [-0.15, -0.1) is 0 Å². The number of hydrogen-bond acceptors (Lipinski definition) is 4. The average Bonchev–Trinajstić information content (AvgIpc) is 2.64. The van der Waals surface area contributed by atoms with Gasteiger partial charge in [-0.05, 0) is 32.8 Å². The molecule has 1 aliphatic rings. The van der Waals surface area contributed by atoms with Gasteiger partial charge >= 0.3 is 0 Å². The van der Waals surface area contributed by atoms with Crippen LogP contribution in [0.5, 0.6) is 0 Å².